The fourth-order valence-corrected chi connectivity index (χ4v) is 3.02. The largest absolute Gasteiger partial charge is 0.508 e. The number of rotatable bonds is 3. The smallest absolute Gasteiger partial charge is 0.115 e. The van der Waals surface area contributed by atoms with E-state index in [1.165, 1.54) is 17.7 Å². The van der Waals surface area contributed by atoms with Gasteiger partial charge in [0.1, 0.15) is 5.75 Å². The van der Waals surface area contributed by atoms with Gasteiger partial charge in [-0.05, 0) is 24.1 Å². The summed E-state index contributed by atoms with van der Waals surface area (Å²) < 4.78 is 0. The third-order valence-corrected chi connectivity index (χ3v) is 4.09. The van der Waals surface area contributed by atoms with Crippen LogP contribution in [0.15, 0.2) is 24.3 Å². The molecule has 2 unspecified atom stereocenters. The van der Waals surface area contributed by atoms with Gasteiger partial charge in [0, 0.05) is 23.6 Å². The first-order valence-corrected chi connectivity index (χ1v) is 6.42. The number of phenolic OH excluding ortho intramolecular Hbond substituents is 1. The Morgan fingerprint density at radius 3 is 2.73 bits per heavy atom. The van der Waals surface area contributed by atoms with Crippen LogP contribution >= 0.6 is 11.8 Å². The molecule has 0 aromatic heterocycles. The number of hydrogen-bond donors (Lipinski definition) is 2. The molecule has 0 bridgehead atoms. The molecular formula is C12H17NOS. The Kier molecular flexibility index (Phi) is 3.54. The maximum absolute atomic E-state index is 9.15. The first kappa shape index (κ1) is 10.8. The molecule has 2 N–H and O–H groups in total. The maximum Gasteiger partial charge on any atom is 0.115 e. The minimum atomic E-state index is 0.337. The highest BCUT2D eigenvalue weighted by atomic mass is 32.2. The van der Waals surface area contributed by atoms with E-state index < -0.39 is 0 Å². The molecule has 0 aliphatic carbocycles. The molecule has 3 heteroatoms. The van der Waals surface area contributed by atoms with Crippen molar-refractivity contribution in [1.82, 2.24) is 5.32 Å². The highest BCUT2D eigenvalue weighted by Gasteiger charge is 2.20. The lowest BCUT2D eigenvalue weighted by Crippen LogP contribution is -2.28. The second-order valence-corrected chi connectivity index (χ2v) is 5.60. The number of hydrogen-bond acceptors (Lipinski definition) is 3. The van der Waals surface area contributed by atoms with Crippen molar-refractivity contribution >= 4 is 11.8 Å². The minimum Gasteiger partial charge on any atom is -0.508 e. The summed E-state index contributed by atoms with van der Waals surface area (Å²) in [4.78, 5) is 0. The number of phenols is 1. The lowest BCUT2D eigenvalue weighted by molar-refractivity contribution is 0.474. The van der Waals surface area contributed by atoms with Gasteiger partial charge in [0.05, 0.1) is 0 Å². The minimum absolute atomic E-state index is 0.337. The Morgan fingerprint density at radius 1 is 1.40 bits per heavy atom. The van der Waals surface area contributed by atoms with E-state index in [0.717, 1.165) is 11.8 Å². The third kappa shape index (κ3) is 3.14. The second kappa shape index (κ2) is 4.90. The van der Waals surface area contributed by atoms with E-state index >= 15 is 0 Å². The summed E-state index contributed by atoms with van der Waals surface area (Å²) in [5, 5.41) is 13.5. The average molecular weight is 223 g/mol. The lowest BCUT2D eigenvalue weighted by Gasteiger charge is -2.11. The summed E-state index contributed by atoms with van der Waals surface area (Å²) >= 11 is 2.04. The molecule has 2 atom stereocenters. The van der Waals surface area contributed by atoms with Crippen molar-refractivity contribution in [2.24, 2.45) is 0 Å². The van der Waals surface area contributed by atoms with Crippen LogP contribution in [0.25, 0.3) is 0 Å². The van der Waals surface area contributed by atoms with Gasteiger partial charge in [-0.25, -0.2) is 0 Å². The van der Waals surface area contributed by atoms with Gasteiger partial charge in [-0.3, -0.25) is 0 Å². The molecule has 1 fully saturated rings. The van der Waals surface area contributed by atoms with Crippen LogP contribution in [0.1, 0.15) is 18.9 Å². The van der Waals surface area contributed by atoms with Crippen LogP contribution in [0.4, 0.5) is 0 Å². The zero-order valence-electron chi connectivity index (χ0n) is 8.94. The average Bonchev–Trinajstić information content (AvgIpc) is 2.64. The number of thioether (sulfide) groups is 1. The van der Waals surface area contributed by atoms with E-state index in [4.69, 9.17) is 5.11 Å². The van der Waals surface area contributed by atoms with Crippen molar-refractivity contribution in [3.8, 4) is 5.75 Å². The summed E-state index contributed by atoms with van der Waals surface area (Å²) in [5.41, 5.74) is 1.23. The molecule has 0 radical (unpaired) electrons. The van der Waals surface area contributed by atoms with Crippen LogP contribution in [0.3, 0.4) is 0 Å². The zero-order valence-corrected chi connectivity index (χ0v) is 9.76. The maximum atomic E-state index is 9.15. The molecule has 1 aliphatic heterocycles. The molecule has 2 rings (SSSR count). The normalized spacial score (nSPS) is 25.7. The van der Waals surface area contributed by atoms with Gasteiger partial charge in [-0.15, -0.1) is 0 Å². The van der Waals surface area contributed by atoms with Crippen LogP contribution in [0.2, 0.25) is 0 Å². The van der Waals surface area contributed by atoms with Crippen molar-refractivity contribution in [2.75, 3.05) is 5.75 Å². The molecule has 1 aliphatic rings. The molecule has 2 nitrogen and oxygen atoms in total. The lowest BCUT2D eigenvalue weighted by atomic mass is 10.1. The molecule has 0 amide bonds. The third-order valence-electron chi connectivity index (χ3n) is 2.73. The predicted molar refractivity (Wildman–Crippen MR) is 65.3 cm³/mol. The van der Waals surface area contributed by atoms with Gasteiger partial charge in [0.15, 0.2) is 0 Å². The summed E-state index contributed by atoms with van der Waals surface area (Å²) in [7, 11) is 0. The highest BCUT2D eigenvalue weighted by Crippen LogP contribution is 2.26. The second-order valence-electron chi connectivity index (χ2n) is 4.12. The van der Waals surface area contributed by atoms with Crippen LogP contribution in [-0.4, -0.2) is 22.2 Å². The van der Waals surface area contributed by atoms with Gasteiger partial charge < -0.3 is 10.4 Å². The Labute approximate surface area is 95.1 Å². The van der Waals surface area contributed by atoms with Gasteiger partial charge in [0.2, 0.25) is 0 Å². The van der Waals surface area contributed by atoms with Gasteiger partial charge in [-0.1, -0.05) is 19.1 Å². The number of nitrogens with one attached hydrogen (secondary N) is 1. The molecule has 0 spiro atoms. The molecule has 1 heterocycles. The topological polar surface area (TPSA) is 32.3 Å². The van der Waals surface area contributed by atoms with Gasteiger partial charge in [-0.2, -0.15) is 11.8 Å². The molecule has 1 aromatic rings. The van der Waals surface area contributed by atoms with Crippen LogP contribution in [0.5, 0.6) is 5.75 Å². The molecule has 82 valence electrons. The summed E-state index contributed by atoms with van der Waals surface area (Å²) in [6, 6.07) is 8.06. The molecule has 15 heavy (non-hydrogen) atoms. The number of benzene rings is 1. The van der Waals surface area contributed by atoms with Gasteiger partial charge >= 0.3 is 0 Å². The molecule has 1 saturated heterocycles. The Balaban J connectivity index is 1.80. The number of aromatic hydroxyl groups is 1. The Hall–Kier alpha value is -0.670. The fraction of sp³-hybridized carbons (Fsp3) is 0.500. The molecule has 1 aromatic carbocycles. The summed E-state index contributed by atoms with van der Waals surface area (Å²) in [6.07, 6.45) is 1.27. The van der Waals surface area contributed by atoms with E-state index in [1.54, 1.807) is 12.1 Å². The predicted octanol–water partition coefficient (Wildman–Crippen LogP) is 2.38. The van der Waals surface area contributed by atoms with E-state index in [0.29, 0.717) is 11.8 Å². The highest BCUT2D eigenvalue weighted by molar-refractivity contribution is 8.00. The zero-order chi connectivity index (χ0) is 10.7. The van der Waals surface area contributed by atoms with Crippen molar-refractivity contribution in [1.29, 1.82) is 0 Å². The van der Waals surface area contributed by atoms with E-state index in [1.807, 2.05) is 23.9 Å². The van der Waals surface area contributed by atoms with E-state index in [9.17, 15) is 0 Å². The van der Waals surface area contributed by atoms with Crippen molar-refractivity contribution in [2.45, 2.75) is 31.2 Å². The fourth-order valence-electron chi connectivity index (χ4n) is 1.84. The van der Waals surface area contributed by atoms with Crippen molar-refractivity contribution in [3.05, 3.63) is 29.8 Å². The van der Waals surface area contributed by atoms with Crippen molar-refractivity contribution in [3.63, 3.8) is 0 Å². The first-order valence-electron chi connectivity index (χ1n) is 5.37. The Bertz CT molecular complexity index is 312. The van der Waals surface area contributed by atoms with Crippen molar-refractivity contribution < 1.29 is 5.11 Å². The monoisotopic (exact) mass is 223 g/mol. The Morgan fingerprint density at radius 2 is 2.13 bits per heavy atom. The quantitative estimate of drug-likeness (QED) is 0.825. The van der Waals surface area contributed by atoms with E-state index in [2.05, 4.69) is 12.2 Å². The summed E-state index contributed by atoms with van der Waals surface area (Å²) in [5.74, 6) is 1.56. The van der Waals surface area contributed by atoms with Crippen LogP contribution in [0, 0.1) is 0 Å². The summed E-state index contributed by atoms with van der Waals surface area (Å²) in [6.45, 7) is 3.19. The SMILES string of the molecule is CC1CC(NCc2ccc(O)cc2)CS1. The molecule has 0 saturated carbocycles. The van der Waals surface area contributed by atoms with Gasteiger partial charge in [0.25, 0.3) is 0 Å². The molecular weight excluding hydrogens is 206 g/mol. The standard InChI is InChI=1S/C12H17NOS/c1-9-6-11(8-15-9)13-7-10-2-4-12(14)5-3-10/h2-5,9,11,13-14H,6-8H2,1H3. The first-order chi connectivity index (χ1) is 7.24. The van der Waals surface area contributed by atoms with Crippen LogP contribution in [-0.2, 0) is 6.54 Å². The van der Waals surface area contributed by atoms with E-state index in [-0.39, 0.29) is 0 Å². The van der Waals surface area contributed by atoms with Crippen LogP contribution < -0.4 is 5.32 Å².